The molecule has 23 heavy (non-hydrogen) atoms. The fourth-order valence-corrected chi connectivity index (χ4v) is 2.42. The number of ether oxygens (including phenoxy) is 1. The summed E-state index contributed by atoms with van der Waals surface area (Å²) < 4.78 is 5.10. The Balaban J connectivity index is 2.29. The molecule has 0 saturated heterocycles. The second-order valence-corrected chi connectivity index (χ2v) is 5.45. The Morgan fingerprint density at radius 1 is 1.13 bits per heavy atom. The third-order valence-corrected chi connectivity index (χ3v) is 3.70. The maximum atomic E-state index is 11.9. The van der Waals surface area contributed by atoms with Crippen molar-refractivity contribution in [1.29, 1.82) is 0 Å². The fourth-order valence-electron chi connectivity index (χ4n) is 2.42. The number of hydrogen-bond donors (Lipinski definition) is 1. The molecule has 2 amide bonds. The van der Waals surface area contributed by atoms with Crippen LogP contribution < -0.4 is 5.32 Å². The maximum absolute atomic E-state index is 11.9. The largest absolute Gasteiger partial charge is 0.380 e. The third kappa shape index (κ3) is 7.28. The Bertz CT molecular complexity index is 499. The molecule has 0 saturated carbocycles. The summed E-state index contributed by atoms with van der Waals surface area (Å²) in [6, 6.07) is 7.95. The lowest BCUT2D eigenvalue weighted by molar-refractivity contribution is -0.131. The number of methoxy groups -OCH3 is 1. The zero-order valence-electron chi connectivity index (χ0n) is 14.4. The van der Waals surface area contributed by atoms with Crippen LogP contribution in [0.3, 0.4) is 0 Å². The minimum Gasteiger partial charge on any atom is -0.380 e. The number of carbonyl (C=O) groups is 2. The fraction of sp³-hybridized carbons (Fsp3) is 0.556. The molecule has 0 radical (unpaired) electrons. The summed E-state index contributed by atoms with van der Waals surface area (Å²) in [6.45, 7) is 6.44. The van der Waals surface area contributed by atoms with Gasteiger partial charge >= 0.3 is 0 Å². The van der Waals surface area contributed by atoms with E-state index in [1.54, 1.807) is 12.0 Å². The van der Waals surface area contributed by atoms with Crippen LogP contribution in [0, 0.1) is 0 Å². The van der Waals surface area contributed by atoms with E-state index in [-0.39, 0.29) is 11.8 Å². The van der Waals surface area contributed by atoms with E-state index in [0.717, 1.165) is 24.2 Å². The molecule has 128 valence electrons. The van der Waals surface area contributed by atoms with Crippen molar-refractivity contribution < 1.29 is 14.3 Å². The highest BCUT2D eigenvalue weighted by Crippen LogP contribution is 2.07. The predicted molar refractivity (Wildman–Crippen MR) is 90.8 cm³/mol. The standard InChI is InChI=1S/C18H28N2O3/c1-4-20(5-2)18(22)11-7-10-17(21)19-13-15-8-6-9-16(12-15)14-23-3/h6,8-9,12H,4-5,7,10-11,13-14H2,1-3H3,(H,19,21). The Morgan fingerprint density at radius 3 is 2.48 bits per heavy atom. The summed E-state index contributed by atoms with van der Waals surface area (Å²) in [6.07, 6.45) is 1.40. The molecule has 0 aliphatic carbocycles. The molecule has 1 aromatic rings. The summed E-state index contributed by atoms with van der Waals surface area (Å²) in [5.41, 5.74) is 2.14. The monoisotopic (exact) mass is 320 g/mol. The Hall–Kier alpha value is -1.88. The van der Waals surface area contributed by atoms with Crippen LogP contribution in [0.15, 0.2) is 24.3 Å². The van der Waals surface area contributed by atoms with Crippen LogP contribution in [0.1, 0.15) is 44.2 Å². The maximum Gasteiger partial charge on any atom is 0.222 e. The second kappa shape index (κ2) is 10.8. The van der Waals surface area contributed by atoms with E-state index in [9.17, 15) is 9.59 Å². The Kier molecular flexibility index (Phi) is 8.98. The van der Waals surface area contributed by atoms with Crippen molar-refractivity contribution in [3.63, 3.8) is 0 Å². The van der Waals surface area contributed by atoms with Crippen molar-refractivity contribution in [2.75, 3.05) is 20.2 Å². The van der Waals surface area contributed by atoms with E-state index in [2.05, 4.69) is 5.32 Å². The van der Waals surface area contributed by atoms with E-state index in [1.807, 2.05) is 38.1 Å². The van der Waals surface area contributed by atoms with E-state index < -0.39 is 0 Å². The Morgan fingerprint density at radius 2 is 1.83 bits per heavy atom. The average Bonchev–Trinajstić information content (AvgIpc) is 2.55. The van der Waals surface area contributed by atoms with Gasteiger partial charge in [-0.05, 0) is 31.4 Å². The van der Waals surface area contributed by atoms with Gasteiger partial charge in [0.2, 0.25) is 11.8 Å². The topological polar surface area (TPSA) is 58.6 Å². The number of rotatable bonds is 10. The lowest BCUT2D eigenvalue weighted by atomic mass is 10.1. The number of carbonyl (C=O) groups excluding carboxylic acids is 2. The molecule has 5 nitrogen and oxygen atoms in total. The molecule has 0 aromatic heterocycles. The van der Waals surface area contributed by atoms with Gasteiger partial charge in [-0.1, -0.05) is 24.3 Å². The summed E-state index contributed by atoms with van der Waals surface area (Å²) in [7, 11) is 1.66. The minimum absolute atomic E-state index is 0.0190. The van der Waals surface area contributed by atoms with Crippen LogP contribution in [0.5, 0.6) is 0 Å². The molecular formula is C18H28N2O3. The predicted octanol–water partition coefficient (Wildman–Crippen LogP) is 2.49. The third-order valence-electron chi connectivity index (χ3n) is 3.70. The minimum atomic E-state index is -0.0190. The molecule has 0 spiro atoms. The first-order valence-corrected chi connectivity index (χ1v) is 8.21. The zero-order valence-corrected chi connectivity index (χ0v) is 14.4. The van der Waals surface area contributed by atoms with Crippen LogP contribution in [-0.4, -0.2) is 36.9 Å². The van der Waals surface area contributed by atoms with Crippen LogP contribution in [0.25, 0.3) is 0 Å². The molecular weight excluding hydrogens is 292 g/mol. The molecule has 0 fully saturated rings. The van der Waals surface area contributed by atoms with E-state index in [4.69, 9.17) is 4.74 Å². The molecule has 1 aromatic carbocycles. The number of nitrogens with one attached hydrogen (secondary N) is 1. The van der Waals surface area contributed by atoms with Crippen molar-refractivity contribution in [2.45, 2.75) is 46.3 Å². The highest BCUT2D eigenvalue weighted by Gasteiger charge is 2.10. The van der Waals surface area contributed by atoms with E-state index in [1.165, 1.54) is 0 Å². The van der Waals surface area contributed by atoms with Crippen molar-refractivity contribution in [3.05, 3.63) is 35.4 Å². The highest BCUT2D eigenvalue weighted by atomic mass is 16.5. The summed E-state index contributed by atoms with van der Waals surface area (Å²) in [5.74, 6) is 0.101. The first kappa shape index (κ1) is 19.2. The van der Waals surface area contributed by atoms with Crippen LogP contribution in [-0.2, 0) is 27.5 Å². The summed E-state index contributed by atoms with van der Waals surface area (Å²) >= 11 is 0. The molecule has 1 rings (SSSR count). The normalized spacial score (nSPS) is 10.4. The zero-order chi connectivity index (χ0) is 17.1. The average molecular weight is 320 g/mol. The van der Waals surface area contributed by atoms with Gasteiger partial charge in [0.1, 0.15) is 0 Å². The van der Waals surface area contributed by atoms with Crippen molar-refractivity contribution in [2.24, 2.45) is 0 Å². The van der Waals surface area contributed by atoms with Crippen molar-refractivity contribution in [3.8, 4) is 0 Å². The van der Waals surface area contributed by atoms with Gasteiger partial charge in [-0.15, -0.1) is 0 Å². The molecule has 0 aliphatic rings. The highest BCUT2D eigenvalue weighted by molar-refractivity contribution is 5.78. The van der Waals surface area contributed by atoms with Gasteiger partial charge < -0.3 is 15.0 Å². The smallest absolute Gasteiger partial charge is 0.222 e. The molecule has 1 N–H and O–H groups in total. The quantitative estimate of drug-likeness (QED) is 0.720. The second-order valence-electron chi connectivity index (χ2n) is 5.45. The SMILES string of the molecule is CCN(CC)C(=O)CCCC(=O)NCc1cccc(COC)c1. The van der Waals surface area contributed by atoms with Gasteiger partial charge in [-0.3, -0.25) is 9.59 Å². The van der Waals surface area contributed by atoms with Gasteiger partial charge in [0.15, 0.2) is 0 Å². The lowest BCUT2D eigenvalue weighted by Crippen LogP contribution is -2.30. The number of benzene rings is 1. The van der Waals surface area contributed by atoms with Crippen molar-refractivity contribution >= 4 is 11.8 Å². The van der Waals surface area contributed by atoms with Crippen molar-refractivity contribution in [1.82, 2.24) is 10.2 Å². The number of hydrogen-bond acceptors (Lipinski definition) is 3. The van der Waals surface area contributed by atoms with Gasteiger partial charge in [-0.2, -0.15) is 0 Å². The van der Waals surface area contributed by atoms with Crippen LogP contribution in [0.2, 0.25) is 0 Å². The van der Waals surface area contributed by atoms with Gasteiger partial charge in [0.25, 0.3) is 0 Å². The molecule has 0 bridgehead atoms. The number of amides is 2. The summed E-state index contributed by atoms with van der Waals surface area (Å²) in [5, 5.41) is 2.89. The molecule has 0 atom stereocenters. The van der Waals surface area contributed by atoms with Gasteiger partial charge in [0.05, 0.1) is 6.61 Å². The van der Waals surface area contributed by atoms with Gasteiger partial charge in [-0.25, -0.2) is 0 Å². The lowest BCUT2D eigenvalue weighted by Gasteiger charge is -2.18. The van der Waals surface area contributed by atoms with Gasteiger partial charge in [0, 0.05) is 39.6 Å². The molecule has 5 heteroatoms. The Labute approximate surface area is 139 Å². The van der Waals surface area contributed by atoms with Crippen LogP contribution in [0.4, 0.5) is 0 Å². The first-order valence-electron chi connectivity index (χ1n) is 8.21. The van der Waals surface area contributed by atoms with E-state index >= 15 is 0 Å². The number of nitrogens with zero attached hydrogens (tertiary/aromatic N) is 1. The summed E-state index contributed by atoms with van der Waals surface area (Å²) in [4.78, 5) is 25.5. The van der Waals surface area contributed by atoms with Crippen LogP contribution >= 0.6 is 0 Å². The first-order chi connectivity index (χ1) is 11.1. The molecule has 0 aliphatic heterocycles. The molecule has 0 heterocycles. The molecule has 0 unspecified atom stereocenters. The van der Waals surface area contributed by atoms with E-state index in [0.29, 0.717) is 32.4 Å².